The van der Waals surface area contributed by atoms with Crippen LogP contribution in [0, 0.1) is 0 Å². The summed E-state index contributed by atoms with van der Waals surface area (Å²) in [6.07, 6.45) is -4.69. The van der Waals surface area contributed by atoms with Crippen LogP contribution in [0.2, 0.25) is 0 Å². The Morgan fingerprint density at radius 2 is 1.08 bits per heavy atom. The lowest BCUT2D eigenvalue weighted by Gasteiger charge is -2.40. The van der Waals surface area contributed by atoms with E-state index < -0.39 is 73.4 Å². The summed E-state index contributed by atoms with van der Waals surface area (Å²) >= 11 is 0. The molecule has 4 aromatic rings. The summed E-state index contributed by atoms with van der Waals surface area (Å²) in [5.41, 5.74) is -2.65. The Morgan fingerprint density at radius 3 is 1.53 bits per heavy atom. The lowest BCUT2D eigenvalue weighted by molar-refractivity contribution is -0.158. The molecule has 0 aliphatic heterocycles. The van der Waals surface area contributed by atoms with Gasteiger partial charge in [0, 0.05) is 15.9 Å². The molecule has 4 aromatic carbocycles. The van der Waals surface area contributed by atoms with Crippen molar-refractivity contribution in [2.75, 3.05) is 13.2 Å². The molecule has 0 aliphatic carbocycles. The molecule has 0 fully saturated rings. The van der Waals surface area contributed by atoms with Crippen LogP contribution in [0.1, 0.15) is 47.1 Å². The van der Waals surface area contributed by atoms with E-state index in [1.807, 2.05) is 0 Å². The molecule has 14 heteroatoms. The molecule has 0 radical (unpaired) electrons. The Labute approximate surface area is 297 Å². The Bertz CT molecular complexity index is 1880. The molecule has 0 aromatic heterocycles. The van der Waals surface area contributed by atoms with Gasteiger partial charge in [0.1, 0.15) is 22.7 Å². The summed E-state index contributed by atoms with van der Waals surface area (Å²) in [7, 11) is -8.21. The highest BCUT2D eigenvalue weighted by molar-refractivity contribution is 8.33. The normalized spacial score (nSPS) is 12.9. The molecular weight excluding hydrogens is 710 g/mol. The van der Waals surface area contributed by atoms with E-state index in [0.29, 0.717) is 21.9 Å². The number of carbonyl (C=O) groups is 2. The van der Waals surface area contributed by atoms with E-state index in [4.69, 9.17) is 22.6 Å². The predicted molar refractivity (Wildman–Crippen MR) is 184 cm³/mol. The van der Waals surface area contributed by atoms with Crippen molar-refractivity contribution >= 4 is 32.4 Å². The third-order valence-corrected chi connectivity index (χ3v) is 11.8. The minimum absolute atomic E-state index is 0.0483. The van der Waals surface area contributed by atoms with Crippen molar-refractivity contribution in [3.05, 3.63) is 109 Å². The molecule has 0 aliphatic rings. The van der Waals surface area contributed by atoms with Crippen molar-refractivity contribution < 1.29 is 53.8 Å². The van der Waals surface area contributed by atoms with Gasteiger partial charge >= 0.3 is 28.2 Å². The molecule has 274 valence electrons. The Kier molecular flexibility index (Phi) is 11.8. The first-order valence-electron chi connectivity index (χ1n) is 15.6. The van der Waals surface area contributed by atoms with Crippen LogP contribution in [-0.2, 0) is 39.0 Å². The van der Waals surface area contributed by atoms with Crippen molar-refractivity contribution in [1.82, 2.24) is 0 Å². The summed E-state index contributed by atoms with van der Waals surface area (Å²) in [4.78, 5) is 25.7. The van der Waals surface area contributed by atoms with Crippen LogP contribution >= 0.6 is 10.3 Å². The highest BCUT2D eigenvalue weighted by Crippen LogP contribution is 2.72. The van der Waals surface area contributed by atoms with E-state index in [9.17, 15) is 31.2 Å². The van der Waals surface area contributed by atoms with Gasteiger partial charge in [0.2, 0.25) is 0 Å². The second-order valence-corrected chi connectivity index (χ2v) is 17.5. The number of hydrogen-bond acceptors (Lipinski definition) is 9. The topological polar surface area (TPSA) is 114 Å². The van der Waals surface area contributed by atoms with Crippen molar-refractivity contribution in [3.63, 3.8) is 0 Å². The van der Waals surface area contributed by atoms with Crippen LogP contribution in [0.3, 0.4) is 0 Å². The zero-order chi connectivity index (χ0) is 37.7. The Hall–Kier alpha value is -4.53. The number of halogens is 3. The van der Waals surface area contributed by atoms with Gasteiger partial charge in [-0.25, -0.2) is 13.2 Å². The minimum atomic E-state index is -4.82. The number of carbonyl (C=O) groups excluding carboxylic acids is 2. The van der Waals surface area contributed by atoms with Crippen molar-refractivity contribution in [2.45, 2.75) is 78.5 Å². The molecule has 0 atom stereocenters. The summed E-state index contributed by atoms with van der Waals surface area (Å²) < 4.78 is 97.2. The summed E-state index contributed by atoms with van der Waals surface area (Å²) in [6, 6.07) is 24.0. The second-order valence-electron chi connectivity index (χ2n) is 13.1. The Morgan fingerprint density at radius 1 is 0.608 bits per heavy atom. The van der Waals surface area contributed by atoms with E-state index in [2.05, 4.69) is 0 Å². The lowest BCUT2D eigenvalue weighted by Crippen LogP contribution is -2.28. The van der Waals surface area contributed by atoms with Crippen LogP contribution in [0.15, 0.2) is 123 Å². The third-order valence-electron chi connectivity index (χ3n) is 6.58. The van der Waals surface area contributed by atoms with Gasteiger partial charge in [-0.2, -0.15) is 21.6 Å². The fourth-order valence-corrected chi connectivity index (χ4v) is 9.97. The summed E-state index contributed by atoms with van der Waals surface area (Å²) in [5.74, 6) is -1.31. The first-order valence-corrected chi connectivity index (χ1v) is 18.6. The first kappa shape index (κ1) is 39.3. The molecule has 0 heterocycles. The lowest BCUT2D eigenvalue weighted by atomic mass is 10.2. The standard InChI is InChI=1S/C37H39F3O9S2/c1-35(2,3)47-33(41)24-45-27-19-22-32(31(23-27)46-25-34(42)48-36(4,5)6)50(28-13-9-7-10-14-28,29-15-11-8-12-16-29)49-51(43,44)30-20-17-26(18-21-30)37(38,39)40/h7-23H,24-25H2,1-6H3. The summed E-state index contributed by atoms with van der Waals surface area (Å²) in [6.45, 7) is 9.08. The predicted octanol–water partition coefficient (Wildman–Crippen LogP) is 8.75. The molecule has 4 rings (SSSR count). The maximum absolute atomic E-state index is 14.1. The Balaban J connectivity index is 1.93. The van der Waals surface area contributed by atoms with Gasteiger partial charge in [0.05, 0.1) is 15.4 Å². The maximum atomic E-state index is 14.1. The third kappa shape index (κ3) is 10.5. The molecule has 0 unspecified atom stereocenters. The van der Waals surface area contributed by atoms with Gasteiger partial charge < -0.3 is 18.9 Å². The largest absolute Gasteiger partial charge is 0.482 e. The number of hydrogen-bond donors (Lipinski definition) is 0. The van der Waals surface area contributed by atoms with Crippen LogP contribution < -0.4 is 9.47 Å². The van der Waals surface area contributed by atoms with E-state index >= 15 is 0 Å². The molecule has 0 spiro atoms. The SMILES string of the molecule is CC(C)(C)OC(=O)COc1ccc(S(OS(=O)(=O)c2ccc(C(F)(F)F)cc2)(c2ccccc2)c2ccccc2)c(OCC(=O)OC(C)(C)C)c1. The maximum Gasteiger partial charge on any atom is 0.416 e. The van der Waals surface area contributed by atoms with E-state index in [0.717, 1.165) is 12.1 Å². The fourth-order valence-electron chi connectivity index (χ4n) is 4.66. The highest BCUT2D eigenvalue weighted by atomic mass is 32.3. The van der Waals surface area contributed by atoms with Crippen molar-refractivity contribution in [2.24, 2.45) is 0 Å². The molecule has 0 saturated heterocycles. The van der Waals surface area contributed by atoms with Crippen molar-refractivity contribution in [3.8, 4) is 11.5 Å². The minimum Gasteiger partial charge on any atom is -0.482 e. The molecular formula is C37H39F3O9S2. The van der Waals surface area contributed by atoms with Crippen LogP contribution in [0.25, 0.3) is 0 Å². The summed E-state index contributed by atoms with van der Waals surface area (Å²) in [5, 5.41) is 0. The van der Waals surface area contributed by atoms with E-state index in [-0.39, 0.29) is 16.4 Å². The number of benzene rings is 4. The average Bonchev–Trinajstić information content (AvgIpc) is 3.04. The van der Waals surface area contributed by atoms with Gasteiger partial charge in [-0.1, -0.05) is 36.4 Å². The van der Waals surface area contributed by atoms with Gasteiger partial charge in [0.15, 0.2) is 13.2 Å². The van der Waals surface area contributed by atoms with Crippen LogP contribution in [0.4, 0.5) is 13.2 Å². The fraction of sp³-hybridized carbons (Fsp3) is 0.297. The molecule has 51 heavy (non-hydrogen) atoms. The van der Waals surface area contributed by atoms with Crippen LogP contribution in [-0.4, -0.2) is 44.8 Å². The number of ether oxygens (including phenoxy) is 4. The number of rotatable bonds is 12. The molecule has 0 amide bonds. The zero-order valence-corrected chi connectivity index (χ0v) is 30.5. The van der Waals surface area contributed by atoms with Crippen LogP contribution in [0.5, 0.6) is 11.5 Å². The quantitative estimate of drug-likeness (QED) is 0.131. The van der Waals surface area contributed by atoms with E-state index in [1.54, 1.807) is 102 Å². The van der Waals surface area contributed by atoms with Gasteiger partial charge in [-0.05, 0) is 113 Å². The van der Waals surface area contributed by atoms with Gasteiger partial charge in [-0.15, -0.1) is 0 Å². The van der Waals surface area contributed by atoms with Gasteiger partial charge in [-0.3, -0.25) is 0 Å². The first-order chi connectivity index (χ1) is 23.7. The second kappa shape index (κ2) is 15.4. The van der Waals surface area contributed by atoms with Crippen molar-refractivity contribution in [1.29, 1.82) is 0 Å². The number of esters is 2. The highest BCUT2D eigenvalue weighted by Gasteiger charge is 2.41. The molecule has 0 N–H and O–H groups in total. The zero-order valence-electron chi connectivity index (χ0n) is 28.9. The molecule has 9 nitrogen and oxygen atoms in total. The average molecular weight is 749 g/mol. The monoisotopic (exact) mass is 748 g/mol. The number of alkyl halides is 3. The molecule has 0 saturated carbocycles. The smallest absolute Gasteiger partial charge is 0.416 e. The van der Waals surface area contributed by atoms with Gasteiger partial charge in [0.25, 0.3) is 0 Å². The molecule has 0 bridgehead atoms. The van der Waals surface area contributed by atoms with E-state index in [1.165, 1.54) is 18.2 Å².